The third-order valence-corrected chi connectivity index (χ3v) is 7.68. The van der Waals surface area contributed by atoms with Gasteiger partial charge in [0.15, 0.2) is 23.0 Å². The highest BCUT2D eigenvalue weighted by Gasteiger charge is 2.19. The van der Waals surface area contributed by atoms with Crippen LogP contribution in [-0.2, 0) is 48.0 Å². The van der Waals surface area contributed by atoms with E-state index in [9.17, 15) is 15.0 Å². The number of carbonyl (C=O) groups excluding carboxylic acids is 1. The van der Waals surface area contributed by atoms with Crippen LogP contribution in [0.5, 0.6) is 28.7 Å². The first kappa shape index (κ1) is 48.2. The zero-order chi connectivity index (χ0) is 40.5. The molecule has 1 atom stereocenters. The SMILES string of the molecule is CC(C)(C)OCCOCCOCCOc1cc(CBr)cc(OCCOCCOCCOC(C)(C)C)c1OCCOCCOC(=O)C(N)c1ccc(O)c(O)c1. The van der Waals surface area contributed by atoms with Gasteiger partial charge in [0.25, 0.3) is 0 Å². The predicted molar refractivity (Wildman–Crippen MR) is 209 cm³/mol. The Kier molecular flexibility index (Phi) is 23.5. The summed E-state index contributed by atoms with van der Waals surface area (Å²) in [7, 11) is 0. The fourth-order valence-corrected chi connectivity index (χ4v) is 4.73. The van der Waals surface area contributed by atoms with Crippen molar-refractivity contribution in [1.82, 2.24) is 0 Å². The van der Waals surface area contributed by atoms with Crippen molar-refractivity contribution >= 4 is 21.9 Å². The molecule has 0 radical (unpaired) electrons. The molecule has 15 nitrogen and oxygen atoms in total. The summed E-state index contributed by atoms with van der Waals surface area (Å²) < 4.78 is 63.0. The molecular weight excluding hydrogens is 786 g/mol. The van der Waals surface area contributed by atoms with Crippen LogP contribution in [0.1, 0.15) is 58.7 Å². The number of ether oxygens (including phenoxy) is 11. The first-order valence-corrected chi connectivity index (χ1v) is 19.5. The normalized spacial score (nSPS) is 12.4. The first-order valence-electron chi connectivity index (χ1n) is 18.4. The van der Waals surface area contributed by atoms with E-state index in [1.807, 2.05) is 53.7 Å². The van der Waals surface area contributed by atoms with E-state index in [4.69, 9.17) is 57.8 Å². The topological polar surface area (TPSA) is 185 Å². The second-order valence-corrected chi connectivity index (χ2v) is 14.5. The Balaban J connectivity index is 1.86. The molecule has 4 N–H and O–H groups in total. The van der Waals surface area contributed by atoms with Crippen molar-refractivity contribution in [1.29, 1.82) is 0 Å². The average Bonchev–Trinajstić information content (AvgIpc) is 3.12. The summed E-state index contributed by atoms with van der Waals surface area (Å²) in [6.07, 6.45) is 0. The second kappa shape index (κ2) is 26.8. The zero-order valence-electron chi connectivity index (χ0n) is 33.2. The number of hydrogen-bond acceptors (Lipinski definition) is 15. The lowest BCUT2D eigenvalue weighted by atomic mass is 10.1. The van der Waals surface area contributed by atoms with E-state index in [-0.39, 0.29) is 62.3 Å². The van der Waals surface area contributed by atoms with Crippen LogP contribution < -0.4 is 19.9 Å². The van der Waals surface area contributed by atoms with Crippen molar-refractivity contribution in [2.75, 3.05) is 106 Å². The highest BCUT2D eigenvalue weighted by molar-refractivity contribution is 9.08. The molecule has 0 aromatic heterocycles. The number of phenolic OH excluding ortho intramolecular Hbond substituents is 2. The van der Waals surface area contributed by atoms with Gasteiger partial charge in [-0.2, -0.15) is 0 Å². The molecule has 0 fully saturated rings. The molecule has 0 bridgehead atoms. The Morgan fingerprint density at radius 3 is 1.45 bits per heavy atom. The van der Waals surface area contributed by atoms with E-state index in [2.05, 4.69) is 15.9 Å². The minimum atomic E-state index is -1.14. The largest absolute Gasteiger partial charge is 0.504 e. The summed E-state index contributed by atoms with van der Waals surface area (Å²) in [4.78, 5) is 12.4. The molecule has 0 heterocycles. The molecule has 2 aromatic carbocycles. The van der Waals surface area contributed by atoms with Gasteiger partial charge in [0.05, 0.1) is 90.5 Å². The van der Waals surface area contributed by atoms with Gasteiger partial charge >= 0.3 is 5.97 Å². The van der Waals surface area contributed by atoms with Crippen LogP contribution in [0, 0.1) is 0 Å². The fraction of sp³-hybridized carbons (Fsp3) is 0.667. The Morgan fingerprint density at radius 2 is 1.02 bits per heavy atom. The van der Waals surface area contributed by atoms with Gasteiger partial charge in [-0.05, 0) is 76.9 Å². The summed E-state index contributed by atoms with van der Waals surface area (Å²) in [6, 6.07) is 6.48. The number of halogens is 1. The number of nitrogens with two attached hydrogens (primary N) is 1. The molecule has 314 valence electrons. The van der Waals surface area contributed by atoms with Gasteiger partial charge in [0.2, 0.25) is 5.75 Å². The van der Waals surface area contributed by atoms with Crippen molar-refractivity contribution in [2.45, 2.75) is 64.1 Å². The molecule has 0 aliphatic carbocycles. The molecule has 0 saturated heterocycles. The van der Waals surface area contributed by atoms with Crippen LogP contribution in [0.15, 0.2) is 30.3 Å². The average molecular weight is 849 g/mol. The number of phenols is 2. The van der Waals surface area contributed by atoms with Gasteiger partial charge in [-0.15, -0.1) is 0 Å². The minimum Gasteiger partial charge on any atom is -0.504 e. The molecule has 0 saturated carbocycles. The maximum absolute atomic E-state index is 12.4. The number of alkyl halides is 1. The van der Waals surface area contributed by atoms with E-state index >= 15 is 0 Å². The molecule has 0 amide bonds. The fourth-order valence-electron chi connectivity index (χ4n) is 4.41. The Morgan fingerprint density at radius 1 is 0.600 bits per heavy atom. The van der Waals surface area contributed by atoms with Crippen molar-refractivity contribution in [2.24, 2.45) is 5.73 Å². The highest BCUT2D eigenvalue weighted by atomic mass is 79.9. The van der Waals surface area contributed by atoms with Gasteiger partial charge in [0, 0.05) is 5.33 Å². The van der Waals surface area contributed by atoms with Crippen LogP contribution in [0.4, 0.5) is 0 Å². The van der Waals surface area contributed by atoms with E-state index in [1.165, 1.54) is 18.2 Å². The van der Waals surface area contributed by atoms with Gasteiger partial charge in [-0.25, -0.2) is 4.79 Å². The quantitative estimate of drug-likeness (QED) is 0.0409. The zero-order valence-corrected chi connectivity index (χ0v) is 34.8. The summed E-state index contributed by atoms with van der Waals surface area (Å²) in [5.41, 5.74) is 6.73. The summed E-state index contributed by atoms with van der Waals surface area (Å²) >= 11 is 3.52. The van der Waals surface area contributed by atoms with Gasteiger partial charge < -0.3 is 68.1 Å². The minimum absolute atomic E-state index is 0.0509. The number of aromatic hydroxyl groups is 2. The summed E-state index contributed by atoms with van der Waals surface area (Å²) in [5.74, 6) is -0.0580. The van der Waals surface area contributed by atoms with Crippen molar-refractivity contribution in [3.63, 3.8) is 0 Å². The third-order valence-electron chi connectivity index (χ3n) is 7.03. The molecule has 55 heavy (non-hydrogen) atoms. The van der Waals surface area contributed by atoms with Crippen LogP contribution in [0.2, 0.25) is 0 Å². The summed E-state index contributed by atoms with van der Waals surface area (Å²) in [6.45, 7) is 17.2. The molecule has 2 aromatic rings. The van der Waals surface area contributed by atoms with Crippen molar-refractivity contribution in [3.8, 4) is 28.7 Å². The van der Waals surface area contributed by atoms with Crippen molar-refractivity contribution in [3.05, 3.63) is 41.5 Å². The number of carbonyl (C=O) groups is 1. The van der Waals surface area contributed by atoms with E-state index in [1.54, 1.807) is 0 Å². The molecule has 1 unspecified atom stereocenters. The lowest BCUT2D eigenvalue weighted by molar-refractivity contribution is -0.147. The van der Waals surface area contributed by atoms with E-state index in [0.717, 1.165) is 5.56 Å². The number of rotatable bonds is 30. The summed E-state index contributed by atoms with van der Waals surface area (Å²) in [5, 5.41) is 19.7. The molecule has 2 rings (SSSR count). The maximum Gasteiger partial charge on any atom is 0.327 e. The molecular formula is C39H62BrNO14. The van der Waals surface area contributed by atoms with Crippen LogP contribution in [-0.4, -0.2) is 133 Å². The Labute approximate surface area is 334 Å². The Hall–Kier alpha value is -2.93. The van der Waals surface area contributed by atoms with E-state index < -0.39 is 12.0 Å². The van der Waals surface area contributed by atoms with Crippen LogP contribution in [0.3, 0.4) is 0 Å². The molecule has 0 aliphatic heterocycles. The number of benzene rings is 2. The molecule has 0 aliphatic rings. The van der Waals surface area contributed by atoms with Crippen LogP contribution in [0.25, 0.3) is 0 Å². The van der Waals surface area contributed by atoms with Gasteiger partial charge in [0.1, 0.15) is 32.5 Å². The second-order valence-electron chi connectivity index (χ2n) is 14.0. The maximum atomic E-state index is 12.4. The van der Waals surface area contributed by atoms with Crippen molar-refractivity contribution < 1.29 is 67.1 Å². The third kappa shape index (κ3) is 22.4. The number of hydrogen-bond donors (Lipinski definition) is 3. The van der Waals surface area contributed by atoms with E-state index in [0.29, 0.717) is 94.2 Å². The standard InChI is InChI=1S/C39H62BrNO14/c1-38(2,3)54-23-17-47-11-9-45-13-19-50-33-25-29(28-40)26-34(51-20-14-46-10-12-48-18-24-55-39(4,5)6)36(33)52-21-15-49-16-22-53-37(44)35(41)30-7-8-31(42)32(43)27-30/h7-8,25-27,35,42-43H,9-24,28,41H2,1-6H3. The molecule has 16 heteroatoms. The number of esters is 1. The highest BCUT2D eigenvalue weighted by Crippen LogP contribution is 2.39. The van der Waals surface area contributed by atoms with Crippen LogP contribution >= 0.6 is 15.9 Å². The molecule has 0 spiro atoms. The van der Waals surface area contributed by atoms with Gasteiger partial charge in [-0.1, -0.05) is 22.0 Å². The monoisotopic (exact) mass is 847 g/mol. The lowest BCUT2D eigenvalue weighted by Crippen LogP contribution is -2.25. The van der Waals surface area contributed by atoms with Gasteiger partial charge in [-0.3, -0.25) is 0 Å². The first-order chi connectivity index (χ1) is 26.2. The Bertz CT molecular complexity index is 1300. The smallest absolute Gasteiger partial charge is 0.327 e. The predicted octanol–water partition coefficient (Wildman–Crippen LogP) is 5.09. The lowest BCUT2D eigenvalue weighted by Gasteiger charge is -2.19.